The number of alkyl halides is 3. The van der Waals surface area contributed by atoms with Crippen LogP contribution in [0.1, 0.15) is 22.5 Å². The number of aromatic nitrogens is 3. The lowest BCUT2D eigenvalue weighted by molar-refractivity contribution is -0.137. The standard InChI is InChI=1S/C21H18F3N7O3/c22-21(23,24)11-1-6-17(27-10-11)34-13-4-2-12(3-5-13)28-20-30-15(18(25)32)9-16(31-20)29-14-7-8-26-19(14)33/h1-6,9-10,14H,7-8H2,(H2,25,32)(H,26,33)(H2,28,29,30,31). The molecule has 1 aliphatic heterocycles. The van der Waals surface area contributed by atoms with Crippen LogP contribution in [0, 0.1) is 0 Å². The van der Waals surface area contributed by atoms with Gasteiger partial charge in [-0.05, 0) is 36.8 Å². The summed E-state index contributed by atoms with van der Waals surface area (Å²) in [6.45, 7) is 0.534. The molecule has 34 heavy (non-hydrogen) atoms. The third-order valence-electron chi connectivity index (χ3n) is 4.75. The highest BCUT2D eigenvalue weighted by Gasteiger charge is 2.30. The minimum Gasteiger partial charge on any atom is -0.439 e. The number of carbonyl (C=O) groups excluding carboxylic acids is 2. The van der Waals surface area contributed by atoms with Crippen molar-refractivity contribution in [2.45, 2.75) is 18.6 Å². The van der Waals surface area contributed by atoms with Crippen LogP contribution in [-0.2, 0) is 11.0 Å². The number of ether oxygens (including phenoxy) is 1. The predicted octanol–water partition coefficient (Wildman–Crippen LogP) is 2.83. The predicted molar refractivity (Wildman–Crippen MR) is 115 cm³/mol. The first-order valence-corrected chi connectivity index (χ1v) is 9.99. The number of hydrogen-bond donors (Lipinski definition) is 4. The molecule has 1 aromatic carbocycles. The summed E-state index contributed by atoms with van der Waals surface area (Å²) in [7, 11) is 0. The first kappa shape index (κ1) is 22.8. The number of nitrogens with two attached hydrogens (primary N) is 1. The molecule has 0 radical (unpaired) electrons. The Labute approximate surface area is 190 Å². The highest BCUT2D eigenvalue weighted by molar-refractivity contribution is 5.92. The van der Waals surface area contributed by atoms with Crippen molar-refractivity contribution in [3.63, 3.8) is 0 Å². The maximum absolute atomic E-state index is 12.6. The number of rotatable bonds is 7. The van der Waals surface area contributed by atoms with Crippen molar-refractivity contribution in [1.29, 1.82) is 0 Å². The maximum Gasteiger partial charge on any atom is 0.417 e. The van der Waals surface area contributed by atoms with E-state index in [0.717, 1.165) is 12.1 Å². The topological polar surface area (TPSA) is 144 Å². The van der Waals surface area contributed by atoms with Gasteiger partial charge in [-0.2, -0.15) is 18.2 Å². The molecular formula is C21H18F3N7O3. The van der Waals surface area contributed by atoms with Gasteiger partial charge >= 0.3 is 6.18 Å². The second kappa shape index (κ2) is 9.21. The molecule has 0 saturated carbocycles. The lowest BCUT2D eigenvalue weighted by Crippen LogP contribution is -2.30. The molecule has 3 heterocycles. The van der Waals surface area contributed by atoms with Gasteiger partial charge in [-0.1, -0.05) is 0 Å². The lowest BCUT2D eigenvalue weighted by atomic mass is 10.2. The van der Waals surface area contributed by atoms with Crippen LogP contribution >= 0.6 is 0 Å². The quantitative estimate of drug-likeness (QED) is 0.410. The van der Waals surface area contributed by atoms with Crippen LogP contribution in [0.5, 0.6) is 11.6 Å². The number of carbonyl (C=O) groups is 2. The van der Waals surface area contributed by atoms with Gasteiger partial charge in [0.1, 0.15) is 23.3 Å². The molecule has 2 aromatic heterocycles. The Kier molecular flexibility index (Phi) is 6.17. The average Bonchev–Trinajstić information content (AvgIpc) is 3.19. The zero-order valence-corrected chi connectivity index (χ0v) is 17.4. The average molecular weight is 473 g/mol. The molecule has 2 amide bonds. The van der Waals surface area contributed by atoms with Crippen molar-refractivity contribution in [3.8, 4) is 11.6 Å². The molecule has 1 unspecified atom stereocenters. The molecule has 0 aliphatic carbocycles. The summed E-state index contributed by atoms with van der Waals surface area (Å²) in [5.74, 6) is -0.293. The Bertz CT molecular complexity index is 1200. The monoisotopic (exact) mass is 473 g/mol. The molecule has 3 aromatic rings. The zero-order valence-electron chi connectivity index (χ0n) is 17.4. The zero-order chi connectivity index (χ0) is 24.3. The second-order valence-electron chi connectivity index (χ2n) is 7.24. The highest BCUT2D eigenvalue weighted by Crippen LogP contribution is 2.30. The molecule has 1 atom stereocenters. The molecule has 13 heteroatoms. The number of pyridine rings is 1. The van der Waals surface area contributed by atoms with E-state index in [-0.39, 0.29) is 29.2 Å². The number of amides is 2. The third kappa shape index (κ3) is 5.49. The molecule has 1 saturated heterocycles. The van der Waals surface area contributed by atoms with Crippen LogP contribution in [0.3, 0.4) is 0 Å². The summed E-state index contributed by atoms with van der Waals surface area (Å²) < 4.78 is 43.4. The van der Waals surface area contributed by atoms with Crippen LogP contribution in [0.2, 0.25) is 0 Å². The Morgan fingerprint density at radius 2 is 1.91 bits per heavy atom. The van der Waals surface area contributed by atoms with Gasteiger partial charge in [-0.3, -0.25) is 9.59 Å². The number of benzene rings is 1. The Hall–Kier alpha value is -4.42. The first-order valence-electron chi connectivity index (χ1n) is 9.99. The van der Waals surface area contributed by atoms with Crippen molar-refractivity contribution in [3.05, 3.63) is 59.9 Å². The van der Waals surface area contributed by atoms with Gasteiger partial charge < -0.3 is 26.4 Å². The molecule has 4 rings (SSSR count). The highest BCUT2D eigenvalue weighted by atomic mass is 19.4. The Morgan fingerprint density at radius 3 is 2.50 bits per heavy atom. The fourth-order valence-corrected chi connectivity index (χ4v) is 3.08. The molecular weight excluding hydrogens is 455 g/mol. The van der Waals surface area contributed by atoms with E-state index in [4.69, 9.17) is 10.5 Å². The molecule has 1 aliphatic rings. The van der Waals surface area contributed by atoms with E-state index in [1.165, 1.54) is 6.07 Å². The van der Waals surface area contributed by atoms with E-state index in [1.54, 1.807) is 24.3 Å². The summed E-state index contributed by atoms with van der Waals surface area (Å²) in [5.41, 5.74) is 4.96. The van der Waals surface area contributed by atoms with Gasteiger partial charge in [0.15, 0.2) is 0 Å². The minimum atomic E-state index is -4.48. The summed E-state index contributed by atoms with van der Waals surface area (Å²) in [4.78, 5) is 35.5. The van der Waals surface area contributed by atoms with Crippen LogP contribution < -0.4 is 26.4 Å². The fraction of sp³-hybridized carbons (Fsp3) is 0.190. The van der Waals surface area contributed by atoms with E-state index in [2.05, 4.69) is 30.9 Å². The van der Waals surface area contributed by atoms with Crippen molar-refractivity contribution in [1.82, 2.24) is 20.3 Å². The molecule has 0 spiro atoms. The molecule has 5 N–H and O–H groups in total. The second-order valence-corrected chi connectivity index (χ2v) is 7.24. The van der Waals surface area contributed by atoms with Crippen LogP contribution in [0.25, 0.3) is 0 Å². The smallest absolute Gasteiger partial charge is 0.417 e. The summed E-state index contributed by atoms with van der Waals surface area (Å²) in [6, 6.07) is 9.20. The van der Waals surface area contributed by atoms with Gasteiger partial charge in [0, 0.05) is 30.6 Å². The summed E-state index contributed by atoms with van der Waals surface area (Å²) in [5, 5.41) is 8.57. The van der Waals surface area contributed by atoms with Crippen molar-refractivity contribution < 1.29 is 27.5 Å². The normalized spacial score (nSPS) is 15.5. The number of hydrogen-bond acceptors (Lipinski definition) is 8. The van der Waals surface area contributed by atoms with Crippen LogP contribution in [0.4, 0.5) is 30.6 Å². The molecule has 0 bridgehead atoms. The van der Waals surface area contributed by atoms with E-state index in [1.807, 2.05) is 0 Å². The van der Waals surface area contributed by atoms with Gasteiger partial charge in [0.25, 0.3) is 5.91 Å². The van der Waals surface area contributed by atoms with Gasteiger partial charge in [-0.25, -0.2) is 9.97 Å². The Morgan fingerprint density at radius 1 is 1.15 bits per heavy atom. The van der Waals surface area contributed by atoms with E-state index in [0.29, 0.717) is 30.6 Å². The number of primary amides is 1. The van der Waals surface area contributed by atoms with E-state index >= 15 is 0 Å². The van der Waals surface area contributed by atoms with Crippen LogP contribution in [-0.4, -0.2) is 39.4 Å². The third-order valence-corrected chi connectivity index (χ3v) is 4.75. The number of nitrogens with zero attached hydrogens (tertiary/aromatic N) is 3. The summed E-state index contributed by atoms with van der Waals surface area (Å²) in [6.07, 6.45) is -3.23. The van der Waals surface area contributed by atoms with E-state index < -0.39 is 23.7 Å². The minimum absolute atomic E-state index is 0.00197. The van der Waals surface area contributed by atoms with Crippen molar-refractivity contribution in [2.24, 2.45) is 5.73 Å². The molecule has 176 valence electrons. The number of anilines is 3. The number of halogens is 3. The van der Waals surface area contributed by atoms with Gasteiger partial charge in [-0.15, -0.1) is 0 Å². The lowest BCUT2D eigenvalue weighted by Gasteiger charge is -2.13. The van der Waals surface area contributed by atoms with E-state index in [9.17, 15) is 22.8 Å². The van der Waals surface area contributed by atoms with Gasteiger partial charge in [0.2, 0.25) is 17.7 Å². The fourth-order valence-electron chi connectivity index (χ4n) is 3.08. The van der Waals surface area contributed by atoms with Gasteiger partial charge in [0.05, 0.1) is 5.56 Å². The number of nitrogens with one attached hydrogen (secondary N) is 3. The SMILES string of the molecule is NC(=O)c1cc(NC2CCNC2=O)nc(Nc2ccc(Oc3ccc(C(F)(F)F)cn3)cc2)n1. The van der Waals surface area contributed by atoms with Crippen LogP contribution in [0.15, 0.2) is 48.7 Å². The molecule has 1 fully saturated rings. The first-order chi connectivity index (χ1) is 16.2. The Balaban J connectivity index is 1.46. The van der Waals surface area contributed by atoms with Crippen molar-refractivity contribution >= 4 is 29.3 Å². The largest absolute Gasteiger partial charge is 0.439 e. The molecule has 10 nitrogen and oxygen atoms in total. The summed E-state index contributed by atoms with van der Waals surface area (Å²) >= 11 is 0. The van der Waals surface area contributed by atoms with Crippen molar-refractivity contribution in [2.75, 3.05) is 17.2 Å². The maximum atomic E-state index is 12.6.